The monoisotopic (exact) mass is 333 g/mol. The lowest BCUT2D eigenvalue weighted by molar-refractivity contribution is 0.262. The predicted molar refractivity (Wildman–Crippen MR) is 92.9 cm³/mol. The van der Waals surface area contributed by atoms with E-state index in [2.05, 4.69) is 20.8 Å². The van der Waals surface area contributed by atoms with Crippen molar-refractivity contribution in [2.75, 3.05) is 10.6 Å². The van der Waals surface area contributed by atoms with Gasteiger partial charge in [-0.2, -0.15) is 10.2 Å². The molecule has 0 bridgehead atoms. The van der Waals surface area contributed by atoms with Crippen LogP contribution in [0.15, 0.2) is 53.1 Å². The molecule has 3 rings (SSSR count). The highest BCUT2D eigenvalue weighted by Crippen LogP contribution is 2.19. The average Bonchev–Trinajstić information content (AvgIpc) is 3.12. The van der Waals surface area contributed by atoms with Gasteiger partial charge in [0.1, 0.15) is 0 Å². The number of benzene rings is 2. The number of amides is 2. The Kier molecular flexibility index (Phi) is 4.72. The second-order valence-corrected chi connectivity index (χ2v) is 5.21. The van der Waals surface area contributed by atoms with E-state index in [0.717, 1.165) is 5.56 Å². The molecule has 7 heteroatoms. The largest absolute Gasteiger partial charge is 0.339 e. The maximum absolute atomic E-state index is 12.0. The molecule has 0 aliphatic carbocycles. The number of aromatic nitrogens is 2. The highest BCUT2D eigenvalue weighted by Gasteiger charge is 2.08. The molecule has 0 saturated heterocycles. The van der Waals surface area contributed by atoms with Gasteiger partial charge in [-0.15, -0.1) is 0 Å². The molecular formula is C18H15N5O2. The normalized spacial score (nSPS) is 10.1. The smallest absolute Gasteiger partial charge is 0.323 e. The number of nitrogens with zero attached hydrogens (tertiary/aromatic N) is 3. The van der Waals surface area contributed by atoms with E-state index >= 15 is 0 Å². The van der Waals surface area contributed by atoms with Crippen LogP contribution in [0.3, 0.4) is 0 Å². The number of hydrogen-bond acceptors (Lipinski definition) is 5. The van der Waals surface area contributed by atoms with Crippen LogP contribution in [0, 0.1) is 11.3 Å². The number of rotatable bonds is 4. The third kappa shape index (κ3) is 4.00. The standard InChI is InChI=1S/C18H15N5O2/c1-2-16-22-17(23-25-16)13-5-9-15(10-6-13)21-18(24)20-14-7-3-12(11-19)4-8-14/h3-10H,2H2,1H3,(H2,20,21,24). The summed E-state index contributed by atoms with van der Waals surface area (Å²) in [6.07, 6.45) is 0.683. The third-order valence-electron chi connectivity index (χ3n) is 3.44. The quantitative estimate of drug-likeness (QED) is 0.755. The van der Waals surface area contributed by atoms with Crippen molar-refractivity contribution in [2.24, 2.45) is 0 Å². The molecule has 25 heavy (non-hydrogen) atoms. The van der Waals surface area contributed by atoms with Crippen LogP contribution in [0.1, 0.15) is 18.4 Å². The van der Waals surface area contributed by atoms with Crippen LogP contribution in [0.25, 0.3) is 11.4 Å². The Balaban J connectivity index is 1.62. The molecular weight excluding hydrogens is 318 g/mol. The van der Waals surface area contributed by atoms with Gasteiger partial charge in [-0.25, -0.2) is 4.79 Å². The van der Waals surface area contributed by atoms with Crippen molar-refractivity contribution in [1.82, 2.24) is 10.1 Å². The van der Waals surface area contributed by atoms with Gasteiger partial charge in [0.25, 0.3) is 0 Å². The molecule has 124 valence electrons. The van der Waals surface area contributed by atoms with Gasteiger partial charge in [0.2, 0.25) is 11.7 Å². The molecule has 1 aromatic heterocycles. The van der Waals surface area contributed by atoms with Gasteiger partial charge >= 0.3 is 6.03 Å². The Morgan fingerprint density at radius 2 is 1.68 bits per heavy atom. The van der Waals surface area contributed by atoms with Gasteiger partial charge in [-0.1, -0.05) is 12.1 Å². The fraction of sp³-hybridized carbons (Fsp3) is 0.111. The van der Waals surface area contributed by atoms with Crippen LogP contribution in [0.5, 0.6) is 0 Å². The predicted octanol–water partition coefficient (Wildman–Crippen LogP) is 3.81. The van der Waals surface area contributed by atoms with Crippen molar-refractivity contribution in [2.45, 2.75) is 13.3 Å². The van der Waals surface area contributed by atoms with E-state index in [1.54, 1.807) is 36.4 Å². The summed E-state index contributed by atoms with van der Waals surface area (Å²) < 4.78 is 5.08. The first-order valence-corrected chi connectivity index (χ1v) is 7.69. The molecule has 2 amide bonds. The number of nitriles is 1. The number of nitrogens with one attached hydrogen (secondary N) is 2. The summed E-state index contributed by atoms with van der Waals surface area (Å²) in [4.78, 5) is 16.3. The van der Waals surface area contributed by atoms with Gasteiger partial charge in [0, 0.05) is 23.4 Å². The van der Waals surface area contributed by atoms with Crippen LogP contribution in [0.2, 0.25) is 0 Å². The molecule has 3 aromatic rings. The topological polar surface area (TPSA) is 104 Å². The third-order valence-corrected chi connectivity index (χ3v) is 3.44. The van der Waals surface area contributed by atoms with Crippen LogP contribution in [-0.2, 0) is 6.42 Å². The Morgan fingerprint density at radius 1 is 1.08 bits per heavy atom. The summed E-state index contributed by atoms with van der Waals surface area (Å²) in [6.45, 7) is 1.94. The van der Waals surface area contributed by atoms with Crippen molar-refractivity contribution in [3.63, 3.8) is 0 Å². The van der Waals surface area contributed by atoms with E-state index in [9.17, 15) is 4.79 Å². The summed E-state index contributed by atoms with van der Waals surface area (Å²) in [6, 6.07) is 15.4. The zero-order chi connectivity index (χ0) is 17.6. The lowest BCUT2D eigenvalue weighted by Crippen LogP contribution is -2.19. The number of carbonyl (C=O) groups excluding carboxylic acids is 1. The Morgan fingerprint density at radius 3 is 2.20 bits per heavy atom. The van der Waals surface area contributed by atoms with Gasteiger partial charge < -0.3 is 15.2 Å². The molecule has 2 N–H and O–H groups in total. The zero-order valence-corrected chi connectivity index (χ0v) is 13.5. The van der Waals surface area contributed by atoms with E-state index in [1.807, 2.05) is 25.1 Å². The maximum atomic E-state index is 12.0. The van der Waals surface area contributed by atoms with Gasteiger partial charge in [0.05, 0.1) is 11.6 Å². The average molecular weight is 333 g/mol. The van der Waals surface area contributed by atoms with E-state index in [4.69, 9.17) is 9.78 Å². The second-order valence-electron chi connectivity index (χ2n) is 5.21. The molecule has 0 fully saturated rings. The number of anilines is 2. The van der Waals surface area contributed by atoms with Crippen LogP contribution in [-0.4, -0.2) is 16.2 Å². The summed E-state index contributed by atoms with van der Waals surface area (Å²) in [7, 11) is 0. The maximum Gasteiger partial charge on any atom is 0.323 e. The van der Waals surface area contributed by atoms with Gasteiger partial charge in [-0.3, -0.25) is 0 Å². The van der Waals surface area contributed by atoms with E-state index < -0.39 is 0 Å². The first-order valence-electron chi connectivity index (χ1n) is 7.69. The van der Waals surface area contributed by atoms with Crippen LogP contribution < -0.4 is 10.6 Å². The highest BCUT2D eigenvalue weighted by molar-refractivity contribution is 5.99. The fourth-order valence-corrected chi connectivity index (χ4v) is 2.14. The molecule has 7 nitrogen and oxygen atoms in total. The molecule has 0 atom stereocenters. The Labute approximate surface area is 144 Å². The van der Waals surface area contributed by atoms with E-state index in [-0.39, 0.29) is 6.03 Å². The SMILES string of the molecule is CCc1nc(-c2ccc(NC(=O)Nc3ccc(C#N)cc3)cc2)no1. The molecule has 0 radical (unpaired) electrons. The minimum atomic E-state index is -0.370. The van der Waals surface area contributed by atoms with Crippen molar-refractivity contribution in [3.8, 4) is 17.5 Å². The first kappa shape index (κ1) is 16.2. The molecule has 0 spiro atoms. The second kappa shape index (κ2) is 7.27. The fourth-order valence-electron chi connectivity index (χ4n) is 2.14. The van der Waals surface area contributed by atoms with E-state index in [0.29, 0.717) is 35.1 Å². The van der Waals surface area contributed by atoms with Crippen molar-refractivity contribution < 1.29 is 9.32 Å². The lowest BCUT2D eigenvalue weighted by atomic mass is 10.2. The number of hydrogen-bond donors (Lipinski definition) is 2. The summed E-state index contributed by atoms with van der Waals surface area (Å²) in [5.74, 6) is 1.10. The van der Waals surface area contributed by atoms with Crippen LogP contribution >= 0.6 is 0 Å². The zero-order valence-electron chi connectivity index (χ0n) is 13.5. The van der Waals surface area contributed by atoms with Gasteiger partial charge in [0.15, 0.2) is 0 Å². The Hall–Kier alpha value is -3.66. The molecule has 2 aromatic carbocycles. The summed E-state index contributed by atoms with van der Waals surface area (Å²) in [5, 5.41) is 18.1. The minimum Gasteiger partial charge on any atom is -0.339 e. The lowest BCUT2D eigenvalue weighted by Gasteiger charge is -2.08. The number of aryl methyl sites for hydroxylation is 1. The van der Waals surface area contributed by atoms with Crippen LogP contribution in [0.4, 0.5) is 16.2 Å². The molecule has 0 aliphatic heterocycles. The molecule has 0 unspecified atom stereocenters. The van der Waals surface area contributed by atoms with E-state index in [1.165, 1.54) is 0 Å². The number of urea groups is 1. The first-order chi connectivity index (χ1) is 12.2. The molecule has 0 aliphatic rings. The Bertz CT molecular complexity index is 908. The summed E-state index contributed by atoms with van der Waals surface area (Å²) >= 11 is 0. The molecule has 0 saturated carbocycles. The molecule has 1 heterocycles. The van der Waals surface area contributed by atoms with Crippen molar-refractivity contribution >= 4 is 17.4 Å². The minimum absolute atomic E-state index is 0.370. The van der Waals surface area contributed by atoms with Gasteiger partial charge in [-0.05, 0) is 48.5 Å². The van der Waals surface area contributed by atoms with Crippen molar-refractivity contribution in [3.05, 3.63) is 60.0 Å². The highest BCUT2D eigenvalue weighted by atomic mass is 16.5. The van der Waals surface area contributed by atoms with Crippen molar-refractivity contribution in [1.29, 1.82) is 5.26 Å². The number of carbonyl (C=O) groups is 1. The summed E-state index contributed by atoms with van der Waals surface area (Å²) in [5.41, 5.74) is 2.58.